The van der Waals surface area contributed by atoms with Gasteiger partial charge in [0.15, 0.2) is 0 Å². The Morgan fingerprint density at radius 1 is 1.71 bits per heavy atom. The molecule has 0 aromatic carbocycles. The summed E-state index contributed by atoms with van der Waals surface area (Å²) in [4.78, 5) is 9.24. The van der Waals surface area contributed by atoms with Crippen LogP contribution in [0.2, 0.25) is 0 Å². The van der Waals surface area contributed by atoms with Crippen molar-refractivity contribution in [3.8, 4) is 0 Å². The van der Waals surface area contributed by atoms with E-state index in [9.17, 15) is 4.79 Å². The fraction of sp³-hybridized carbons (Fsp3) is 0.500. The molecular weight excluding hydrogens is 123 g/mol. The van der Waals surface area contributed by atoms with Gasteiger partial charge in [0.05, 0.1) is 6.54 Å². The Kier molecular flexibility index (Phi) is 22.6. The Balaban J connectivity index is -0.0000000800. The molecule has 0 spiro atoms. The Morgan fingerprint density at radius 3 is 1.86 bits per heavy atom. The molecule has 0 aromatic heterocycles. The number of rotatable bonds is 1. The van der Waals surface area contributed by atoms with Crippen molar-refractivity contribution < 1.29 is 9.90 Å². The van der Waals surface area contributed by atoms with Crippen LogP contribution in [0.1, 0.15) is 0 Å². The number of carboxylic acids is 1. The van der Waals surface area contributed by atoms with Gasteiger partial charge >= 0.3 is 57.4 Å². The number of aliphatic carboxylic acids is 1. The molecule has 0 fully saturated rings. The van der Waals surface area contributed by atoms with Gasteiger partial charge in [-0.1, -0.05) is 0 Å². The van der Waals surface area contributed by atoms with Crippen molar-refractivity contribution in [2.45, 2.75) is 0 Å². The quantitative estimate of drug-likeness (QED) is 0.380. The van der Waals surface area contributed by atoms with Crippen LogP contribution in [0, 0.1) is 0 Å². The summed E-state index contributed by atoms with van der Waals surface area (Å²) < 4.78 is 0. The predicted molar refractivity (Wildman–Crippen MR) is 28.9 cm³/mol. The first-order chi connectivity index (χ1) is 2.27. The molecule has 0 amide bonds. The van der Waals surface area contributed by atoms with E-state index in [4.69, 9.17) is 5.11 Å². The number of carbonyl (C=O) groups is 1. The van der Waals surface area contributed by atoms with Crippen molar-refractivity contribution in [2.75, 3.05) is 6.54 Å². The van der Waals surface area contributed by atoms with Crippen LogP contribution in [0.15, 0.2) is 0 Å². The Morgan fingerprint density at radius 2 is 1.86 bits per heavy atom. The SMILES string of the molecule is N.NCC(=O)O.[KH]. The van der Waals surface area contributed by atoms with Crippen molar-refractivity contribution in [3.63, 3.8) is 0 Å². The van der Waals surface area contributed by atoms with Gasteiger partial charge in [-0.2, -0.15) is 0 Å². The second kappa shape index (κ2) is 10.1. The Hall–Kier alpha value is 1.03. The van der Waals surface area contributed by atoms with E-state index in [-0.39, 0.29) is 64.1 Å². The maximum absolute atomic E-state index is 9.24. The molecule has 5 heteroatoms. The third-order valence-corrected chi connectivity index (χ3v) is 0.175. The van der Waals surface area contributed by atoms with E-state index >= 15 is 0 Å². The molecule has 0 aliphatic carbocycles. The normalized spacial score (nSPS) is 5.29. The van der Waals surface area contributed by atoms with Crippen molar-refractivity contribution in [3.05, 3.63) is 0 Å². The van der Waals surface area contributed by atoms with Gasteiger partial charge in [-0.3, -0.25) is 4.79 Å². The van der Waals surface area contributed by atoms with Gasteiger partial charge in [-0.15, -0.1) is 0 Å². The molecule has 0 aromatic rings. The molecule has 0 unspecified atom stereocenters. The van der Waals surface area contributed by atoms with Crippen LogP contribution < -0.4 is 11.9 Å². The summed E-state index contributed by atoms with van der Waals surface area (Å²) in [6.07, 6.45) is 0. The van der Waals surface area contributed by atoms with E-state index in [1.54, 1.807) is 0 Å². The van der Waals surface area contributed by atoms with E-state index < -0.39 is 5.97 Å². The molecule has 4 nitrogen and oxygen atoms in total. The van der Waals surface area contributed by atoms with Crippen LogP contribution in [-0.2, 0) is 4.79 Å². The number of hydrogen-bond acceptors (Lipinski definition) is 3. The molecule has 0 rings (SSSR count). The molecule has 0 atom stereocenters. The van der Waals surface area contributed by atoms with Crippen LogP contribution >= 0.6 is 0 Å². The Labute approximate surface area is 84.5 Å². The third kappa shape index (κ3) is 19.4. The average Bonchev–Trinajstić information content (AvgIpc) is 1.38. The molecule has 0 bridgehead atoms. The molecular formula is C2H9KN2O2. The van der Waals surface area contributed by atoms with Crippen LogP contribution in [-0.4, -0.2) is 69.0 Å². The first kappa shape index (κ1) is 15.7. The fourth-order valence-corrected chi connectivity index (χ4v) is 0. The minimum absolute atomic E-state index is 0. The van der Waals surface area contributed by atoms with E-state index in [2.05, 4.69) is 5.73 Å². The van der Waals surface area contributed by atoms with E-state index in [1.165, 1.54) is 0 Å². The average molecular weight is 132 g/mol. The summed E-state index contributed by atoms with van der Waals surface area (Å²) in [5.74, 6) is -0.968. The topological polar surface area (TPSA) is 98.3 Å². The first-order valence-corrected chi connectivity index (χ1v) is 1.19. The van der Waals surface area contributed by atoms with Crippen LogP contribution in [0.25, 0.3) is 0 Å². The van der Waals surface area contributed by atoms with Crippen molar-refractivity contribution in [2.24, 2.45) is 5.73 Å². The summed E-state index contributed by atoms with van der Waals surface area (Å²) in [7, 11) is 0. The third-order valence-electron chi connectivity index (χ3n) is 0.175. The van der Waals surface area contributed by atoms with Gasteiger partial charge < -0.3 is 17.0 Å². The van der Waals surface area contributed by atoms with Crippen molar-refractivity contribution >= 4 is 57.4 Å². The molecule has 0 radical (unpaired) electrons. The summed E-state index contributed by atoms with van der Waals surface area (Å²) in [5, 5.41) is 7.60. The second-order valence-electron chi connectivity index (χ2n) is 0.598. The zero-order valence-corrected chi connectivity index (χ0v) is 3.35. The van der Waals surface area contributed by atoms with Gasteiger partial charge in [0, 0.05) is 0 Å². The van der Waals surface area contributed by atoms with Gasteiger partial charge in [-0.25, -0.2) is 0 Å². The summed E-state index contributed by atoms with van der Waals surface area (Å²) in [6, 6.07) is 0. The van der Waals surface area contributed by atoms with Gasteiger partial charge in [-0.05, 0) is 0 Å². The van der Waals surface area contributed by atoms with E-state index in [1.807, 2.05) is 0 Å². The second-order valence-corrected chi connectivity index (χ2v) is 0.598. The molecule has 40 valence electrons. The first-order valence-electron chi connectivity index (χ1n) is 1.19. The van der Waals surface area contributed by atoms with Crippen LogP contribution in [0.4, 0.5) is 0 Å². The summed E-state index contributed by atoms with van der Waals surface area (Å²) >= 11 is 0. The summed E-state index contributed by atoms with van der Waals surface area (Å²) in [5.41, 5.74) is 4.57. The van der Waals surface area contributed by atoms with Crippen LogP contribution in [0.5, 0.6) is 0 Å². The number of hydrogen-bond donors (Lipinski definition) is 3. The maximum atomic E-state index is 9.24. The number of carboxylic acid groups (broad SMARTS) is 1. The molecule has 0 aliphatic heterocycles. The van der Waals surface area contributed by atoms with Crippen molar-refractivity contribution in [1.82, 2.24) is 6.15 Å². The van der Waals surface area contributed by atoms with E-state index in [0.29, 0.717) is 0 Å². The molecule has 0 aliphatic rings. The van der Waals surface area contributed by atoms with Crippen molar-refractivity contribution in [1.29, 1.82) is 0 Å². The fourth-order valence-electron chi connectivity index (χ4n) is 0. The zero-order chi connectivity index (χ0) is 4.28. The summed E-state index contributed by atoms with van der Waals surface area (Å²) in [6.45, 7) is -0.278. The molecule has 0 saturated carbocycles. The van der Waals surface area contributed by atoms with Gasteiger partial charge in [0.2, 0.25) is 0 Å². The number of nitrogens with two attached hydrogens (primary N) is 1. The zero-order valence-electron chi connectivity index (χ0n) is 3.35. The predicted octanol–water partition coefficient (Wildman–Crippen LogP) is -1.46. The Bertz CT molecular complexity index is 49.0. The van der Waals surface area contributed by atoms with E-state index in [0.717, 1.165) is 0 Å². The van der Waals surface area contributed by atoms with Gasteiger partial charge in [0.1, 0.15) is 0 Å². The van der Waals surface area contributed by atoms with Gasteiger partial charge in [0.25, 0.3) is 0 Å². The molecule has 0 heterocycles. The molecule has 7 heavy (non-hydrogen) atoms. The van der Waals surface area contributed by atoms with Crippen LogP contribution in [0.3, 0.4) is 0 Å². The minimum atomic E-state index is -0.968. The standard InChI is InChI=1S/C2H5NO2.K.H3N.H/c3-1-2(4)5;;;/h1,3H2,(H,4,5);;1H3;. The monoisotopic (exact) mass is 132 g/mol. The molecule has 6 N–H and O–H groups in total. The molecule has 0 saturated heterocycles.